The van der Waals surface area contributed by atoms with Gasteiger partial charge in [-0.3, -0.25) is 4.79 Å². The molecule has 2 aromatic carbocycles. The molecule has 1 aliphatic heterocycles. The Balaban J connectivity index is 1.70. The molecule has 2 heterocycles. The van der Waals surface area contributed by atoms with E-state index in [4.69, 9.17) is 0 Å². The maximum absolute atomic E-state index is 12.9. The average Bonchev–Trinajstić information content (AvgIpc) is 3.27. The van der Waals surface area contributed by atoms with Gasteiger partial charge in [-0.05, 0) is 18.6 Å². The molecule has 0 saturated carbocycles. The van der Waals surface area contributed by atoms with Crippen molar-refractivity contribution in [3.05, 3.63) is 72.4 Å². The van der Waals surface area contributed by atoms with Crippen molar-refractivity contribution in [3.63, 3.8) is 0 Å². The number of carbonyl (C=O) groups is 1. The summed E-state index contributed by atoms with van der Waals surface area (Å²) >= 11 is 0. The molecular weight excluding hydrogens is 362 g/mol. The van der Waals surface area contributed by atoms with Gasteiger partial charge in [-0.25, -0.2) is 13.1 Å². The molecule has 0 bridgehead atoms. The van der Waals surface area contributed by atoms with Crippen LogP contribution in [-0.2, 0) is 9.84 Å². The van der Waals surface area contributed by atoms with Crippen LogP contribution >= 0.6 is 0 Å². The van der Waals surface area contributed by atoms with Crippen molar-refractivity contribution in [1.29, 1.82) is 0 Å². The van der Waals surface area contributed by atoms with Crippen LogP contribution in [0.3, 0.4) is 0 Å². The number of nitrogens with one attached hydrogen (secondary N) is 1. The number of hydrogen-bond acceptors (Lipinski definition) is 4. The second-order valence-electron chi connectivity index (χ2n) is 6.61. The van der Waals surface area contributed by atoms with Crippen LogP contribution in [0.5, 0.6) is 0 Å². The second kappa shape index (κ2) is 7.00. The highest BCUT2D eigenvalue weighted by atomic mass is 32.2. The Morgan fingerprint density at radius 1 is 1.04 bits per heavy atom. The zero-order valence-electron chi connectivity index (χ0n) is 14.6. The van der Waals surface area contributed by atoms with E-state index in [9.17, 15) is 13.2 Å². The Labute approximate surface area is 157 Å². The van der Waals surface area contributed by atoms with Crippen LogP contribution in [0.2, 0.25) is 0 Å². The van der Waals surface area contributed by atoms with Crippen molar-refractivity contribution < 1.29 is 13.2 Å². The Kier molecular flexibility index (Phi) is 4.53. The van der Waals surface area contributed by atoms with Gasteiger partial charge >= 0.3 is 0 Å². The van der Waals surface area contributed by atoms with Crippen LogP contribution in [0.15, 0.2) is 66.9 Å². The zero-order valence-corrected chi connectivity index (χ0v) is 15.4. The highest BCUT2D eigenvalue weighted by molar-refractivity contribution is 7.91. The maximum atomic E-state index is 12.9. The fourth-order valence-electron chi connectivity index (χ4n) is 3.23. The van der Waals surface area contributed by atoms with Crippen LogP contribution in [0.25, 0.3) is 16.9 Å². The molecular formula is C20H19N3O3S. The van der Waals surface area contributed by atoms with Crippen LogP contribution in [-0.4, -0.2) is 41.7 Å². The van der Waals surface area contributed by atoms with E-state index in [1.165, 1.54) is 0 Å². The van der Waals surface area contributed by atoms with Crippen molar-refractivity contribution in [2.45, 2.75) is 12.5 Å². The number of hydrogen-bond donors (Lipinski definition) is 1. The molecule has 0 unspecified atom stereocenters. The second-order valence-corrected chi connectivity index (χ2v) is 8.84. The van der Waals surface area contributed by atoms with Crippen LogP contribution in [0.1, 0.15) is 16.8 Å². The Morgan fingerprint density at radius 2 is 1.70 bits per heavy atom. The van der Waals surface area contributed by atoms with Crippen LogP contribution in [0.4, 0.5) is 0 Å². The molecule has 1 saturated heterocycles. The molecule has 1 aliphatic rings. The summed E-state index contributed by atoms with van der Waals surface area (Å²) in [5.41, 5.74) is 2.67. The molecule has 4 rings (SSSR count). The van der Waals surface area contributed by atoms with E-state index in [1.54, 1.807) is 10.9 Å². The number of aromatic nitrogens is 2. The normalized spacial score (nSPS) is 18.3. The third-order valence-corrected chi connectivity index (χ3v) is 6.36. The number of benzene rings is 2. The first-order chi connectivity index (χ1) is 13.0. The predicted octanol–water partition coefficient (Wildman–Crippen LogP) is 2.46. The van der Waals surface area contributed by atoms with Gasteiger partial charge < -0.3 is 5.32 Å². The molecule has 3 aromatic rings. The lowest BCUT2D eigenvalue weighted by molar-refractivity contribution is 0.0942. The van der Waals surface area contributed by atoms with Crippen molar-refractivity contribution in [2.24, 2.45) is 0 Å². The first-order valence-electron chi connectivity index (χ1n) is 8.74. The molecule has 7 heteroatoms. The van der Waals surface area contributed by atoms with E-state index in [1.807, 2.05) is 60.7 Å². The van der Waals surface area contributed by atoms with Crippen molar-refractivity contribution in [3.8, 4) is 16.9 Å². The molecule has 138 valence electrons. The van der Waals surface area contributed by atoms with Gasteiger partial charge in [0, 0.05) is 17.8 Å². The smallest absolute Gasteiger partial charge is 0.255 e. The maximum Gasteiger partial charge on any atom is 0.255 e. The topological polar surface area (TPSA) is 81.1 Å². The van der Waals surface area contributed by atoms with E-state index < -0.39 is 9.84 Å². The van der Waals surface area contributed by atoms with Gasteiger partial charge in [-0.15, -0.1) is 0 Å². The van der Waals surface area contributed by atoms with E-state index in [-0.39, 0.29) is 23.5 Å². The summed E-state index contributed by atoms with van der Waals surface area (Å²) in [5, 5.41) is 7.47. The van der Waals surface area contributed by atoms with E-state index >= 15 is 0 Å². The van der Waals surface area contributed by atoms with Gasteiger partial charge in [0.2, 0.25) is 0 Å². The van der Waals surface area contributed by atoms with Crippen molar-refractivity contribution in [1.82, 2.24) is 15.1 Å². The lowest BCUT2D eigenvalue weighted by atomic mass is 10.1. The average molecular weight is 381 g/mol. The standard InChI is InChI=1S/C20H19N3O3S/c24-20(21-16-11-12-27(25,26)14-16)18-13-23(17-9-5-2-6-10-17)22-19(18)15-7-3-1-4-8-15/h1-10,13,16H,11-12,14H2,(H,21,24)/t16-/m0/s1. The molecule has 6 nitrogen and oxygen atoms in total. The number of sulfone groups is 1. The lowest BCUT2D eigenvalue weighted by Gasteiger charge is -2.10. The van der Waals surface area contributed by atoms with Gasteiger partial charge in [0.25, 0.3) is 5.91 Å². The molecule has 1 fully saturated rings. The van der Waals surface area contributed by atoms with E-state index in [0.717, 1.165) is 11.3 Å². The Bertz CT molecular complexity index is 1060. The summed E-state index contributed by atoms with van der Waals surface area (Å²) in [7, 11) is -3.06. The summed E-state index contributed by atoms with van der Waals surface area (Å²) < 4.78 is 25.0. The van der Waals surface area contributed by atoms with E-state index in [2.05, 4.69) is 10.4 Å². The van der Waals surface area contributed by atoms with Gasteiger partial charge in [-0.1, -0.05) is 48.5 Å². The number of para-hydroxylation sites is 1. The fourth-order valence-corrected chi connectivity index (χ4v) is 4.91. The highest BCUT2D eigenvalue weighted by Crippen LogP contribution is 2.24. The summed E-state index contributed by atoms with van der Waals surface area (Å²) in [4.78, 5) is 12.9. The molecule has 1 amide bonds. The third kappa shape index (κ3) is 3.78. The van der Waals surface area contributed by atoms with Crippen LogP contribution in [0, 0.1) is 0 Å². The van der Waals surface area contributed by atoms with Gasteiger partial charge in [0.15, 0.2) is 9.84 Å². The molecule has 1 N–H and O–H groups in total. The first-order valence-corrected chi connectivity index (χ1v) is 10.6. The van der Waals surface area contributed by atoms with Gasteiger partial charge in [0.1, 0.15) is 5.69 Å². The van der Waals surface area contributed by atoms with Crippen molar-refractivity contribution in [2.75, 3.05) is 11.5 Å². The minimum atomic E-state index is -3.06. The number of amides is 1. The number of carbonyl (C=O) groups excluding carboxylic acids is 1. The molecule has 0 spiro atoms. The number of nitrogens with zero attached hydrogens (tertiary/aromatic N) is 2. The Hall–Kier alpha value is -2.93. The zero-order chi connectivity index (χ0) is 18.9. The highest BCUT2D eigenvalue weighted by Gasteiger charge is 2.30. The minimum absolute atomic E-state index is 0.00771. The fraction of sp³-hybridized carbons (Fsp3) is 0.200. The van der Waals surface area contributed by atoms with Crippen molar-refractivity contribution >= 4 is 15.7 Å². The van der Waals surface area contributed by atoms with Gasteiger partial charge in [-0.2, -0.15) is 5.10 Å². The number of rotatable bonds is 4. The largest absolute Gasteiger partial charge is 0.348 e. The molecule has 1 atom stereocenters. The monoisotopic (exact) mass is 381 g/mol. The molecule has 27 heavy (non-hydrogen) atoms. The third-order valence-electron chi connectivity index (χ3n) is 4.59. The SMILES string of the molecule is O=C(N[C@H]1CCS(=O)(=O)C1)c1cn(-c2ccccc2)nc1-c1ccccc1. The summed E-state index contributed by atoms with van der Waals surface area (Å²) in [6.45, 7) is 0. The minimum Gasteiger partial charge on any atom is -0.348 e. The predicted molar refractivity (Wildman–Crippen MR) is 104 cm³/mol. The Morgan fingerprint density at radius 3 is 2.33 bits per heavy atom. The molecule has 1 aromatic heterocycles. The summed E-state index contributed by atoms with van der Waals surface area (Å²) in [5.74, 6) is -0.197. The van der Waals surface area contributed by atoms with Gasteiger partial charge in [0.05, 0.1) is 22.8 Å². The quantitative estimate of drug-likeness (QED) is 0.753. The van der Waals surface area contributed by atoms with E-state index in [0.29, 0.717) is 17.7 Å². The summed E-state index contributed by atoms with van der Waals surface area (Å²) in [6, 6.07) is 18.7. The summed E-state index contributed by atoms with van der Waals surface area (Å²) in [6.07, 6.45) is 2.14. The molecule has 0 radical (unpaired) electrons. The molecule has 0 aliphatic carbocycles. The first kappa shape index (κ1) is 17.5. The lowest BCUT2D eigenvalue weighted by Crippen LogP contribution is -2.35. The van der Waals surface area contributed by atoms with Crippen LogP contribution < -0.4 is 5.32 Å².